The van der Waals surface area contributed by atoms with Crippen LogP contribution in [-0.2, 0) is 11.2 Å². The molecule has 0 fully saturated rings. The maximum atomic E-state index is 5.77. The van der Waals surface area contributed by atoms with Gasteiger partial charge >= 0.3 is 0 Å². The highest BCUT2D eigenvalue weighted by molar-refractivity contribution is 5.77. The molecule has 5 heteroatoms. The third-order valence-corrected chi connectivity index (χ3v) is 2.79. The van der Waals surface area contributed by atoms with Gasteiger partial charge in [-0.2, -0.15) is 0 Å². The van der Waals surface area contributed by atoms with E-state index in [0.29, 0.717) is 25.7 Å². The first-order valence-corrected chi connectivity index (χ1v) is 6.07. The number of guanidine groups is 1. The van der Waals surface area contributed by atoms with Crippen molar-refractivity contribution >= 4 is 5.96 Å². The number of hydrogen-bond donors (Lipinski definition) is 2. The lowest BCUT2D eigenvalue weighted by Crippen LogP contribution is -2.35. The zero-order valence-corrected chi connectivity index (χ0v) is 10.6. The van der Waals surface area contributed by atoms with E-state index in [9.17, 15) is 0 Å². The molecule has 0 amide bonds. The summed E-state index contributed by atoms with van der Waals surface area (Å²) in [5, 5.41) is 2.98. The van der Waals surface area contributed by atoms with Crippen LogP contribution in [0.25, 0.3) is 0 Å². The van der Waals surface area contributed by atoms with E-state index >= 15 is 0 Å². The monoisotopic (exact) mass is 249 g/mol. The summed E-state index contributed by atoms with van der Waals surface area (Å²) >= 11 is 0. The van der Waals surface area contributed by atoms with E-state index in [1.54, 1.807) is 7.11 Å². The Morgan fingerprint density at radius 1 is 1.56 bits per heavy atom. The van der Waals surface area contributed by atoms with Crippen LogP contribution in [0.4, 0.5) is 0 Å². The summed E-state index contributed by atoms with van der Waals surface area (Å²) in [6.07, 6.45) is 0.982. The maximum absolute atomic E-state index is 5.77. The van der Waals surface area contributed by atoms with Gasteiger partial charge in [0.2, 0.25) is 0 Å². The predicted octanol–water partition coefficient (Wildman–Crippen LogP) is 0.541. The van der Waals surface area contributed by atoms with E-state index in [0.717, 1.165) is 12.2 Å². The fourth-order valence-electron chi connectivity index (χ4n) is 1.89. The third kappa shape index (κ3) is 3.37. The van der Waals surface area contributed by atoms with Gasteiger partial charge in [-0.05, 0) is 11.6 Å². The van der Waals surface area contributed by atoms with Crippen LogP contribution in [-0.4, -0.2) is 38.9 Å². The molecule has 98 valence electrons. The first kappa shape index (κ1) is 12.7. The summed E-state index contributed by atoms with van der Waals surface area (Å²) in [6.45, 7) is 1.85. The van der Waals surface area contributed by atoms with Crippen LogP contribution in [0.1, 0.15) is 5.56 Å². The number of nitrogens with one attached hydrogen (secondary N) is 1. The van der Waals surface area contributed by atoms with E-state index in [-0.39, 0.29) is 6.10 Å². The van der Waals surface area contributed by atoms with Crippen LogP contribution in [0.2, 0.25) is 0 Å². The lowest BCUT2D eigenvalue weighted by molar-refractivity contribution is 0.203. The number of nitrogens with zero attached hydrogens (tertiary/aromatic N) is 1. The van der Waals surface area contributed by atoms with Gasteiger partial charge in [0.15, 0.2) is 5.96 Å². The second kappa shape index (κ2) is 6.26. The van der Waals surface area contributed by atoms with E-state index < -0.39 is 0 Å². The van der Waals surface area contributed by atoms with E-state index in [4.69, 9.17) is 15.2 Å². The molecule has 2 rings (SSSR count). The third-order valence-electron chi connectivity index (χ3n) is 2.79. The fourth-order valence-corrected chi connectivity index (χ4v) is 1.89. The second-order valence-electron chi connectivity index (χ2n) is 4.20. The predicted molar refractivity (Wildman–Crippen MR) is 70.9 cm³/mol. The lowest BCUT2D eigenvalue weighted by Gasteiger charge is -2.09. The SMILES string of the molecule is COCCNC(N)=NCC1Cc2ccccc2O1. The molecule has 0 aromatic heterocycles. The minimum absolute atomic E-state index is 0.0881. The Bertz CT molecular complexity index is 395. The molecule has 1 heterocycles. The van der Waals surface area contributed by atoms with Gasteiger partial charge in [0.05, 0.1) is 13.2 Å². The molecule has 1 aliphatic rings. The van der Waals surface area contributed by atoms with Crippen molar-refractivity contribution in [2.75, 3.05) is 26.8 Å². The number of fused-ring (bicyclic) bond motifs is 1. The average Bonchev–Trinajstić information content (AvgIpc) is 2.79. The number of nitrogens with two attached hydrogens (primary N) is 1. The molecule has 0 spiro atoms. The number of methoxy groups -OCH3 is 1. The summed E-state index contributed by atoms with van der Waals surface area (Å²) in [7, 11) is 1.65. The Morgan fingerprint density at radius 3 is 3.17 bits per heavy atom. The van der Waals surface area contributed by atoms with Crippen molar-refractivity contribution in [2.45, 2.75) is 12.5 Å². The molecular weight excluding hydrogens is 230 g/mol. The highest BCUT2D eigenvalue weighted by Gasteiger charge is 2.21. The summed E-state index contributed by atoms with van der Waals surface area (Å²) < 4.78 is 10.7. The smallest absolute Gasteiger partial charge is 0.188 e. The Balaban J connectivity index is 1.77. The van der Waals surface area contributed by atoms with E-state index in [2.05, 4.69) is 16.4 Å². The molecule has 5 nitrogen and oxygen atoms in total. The van der Waals surface area contributed by atoms with Crippen molar-refractivity contribution in [2.24, 2.45) is 10.7 Å². The Morgan fingerprint density at radius 2 is 2.39 bits per heavy atom. The Kier molecular flexibility index (Phi) is 4.41. The molecule has 0 radical (unpaired) electrons. The largest absolute Gasteiger partial charge is 0.488 e. The first-order chi connectivity index (χ1) is 8.79. The summed E-state index contributed by atoms with van der Waals surface area (Å²) in [5.74, 6) is 1.40. The Hall–Kier alpha value is -1.75. The number of para-hydroxylation sites is 1. The fraction of sp³-hybridized carbons (Fsp3) is 0.462. The standard InChI is InChI=1S/C13H19N3O2/c1-17-7-6-15-13(14)16-9-11-8-10-4-2-3-5-12(10)18-11/h2-5,11H,6-9H2,1H3,(H3,14,15,16). The van der Waals surface area contributed by atoms with Crippen molar-refractivity contribution in [1.82, 2.24) is 5.32 Å². The minimum atomic E-state index is 0.0881. The normalized spacial score (nSPS) is 18.3. The molecule has 18 heavy (non-hydrogen) atoms. The molecule has 0 bridgehead atoms. The summed E-state index contributed by atoms with van der Waals surface area (Å²) in [4.78, 5) is 4.26. The molecule has 0 aliphatic carbocycles. The number of benzene rings is 1. The van der Waals surface area contributed by atoms with Gasteiger partial charge in [0.25, 0.3) is 0 Å². The minimum Gasteiger partial charge on any atom is -0.488 e. The van der Waals surface area contributed by atoms with Crippen LogP contribution in [0, 0.1) is 0 Å². The van der Waals surface area contributed by atoms with Crippen LogP contribution in [0.5, 0.6) is 5.75 Å². The number of aliphatic imine (C=N–C) groups is 1. The first-order valence-electron chi connectivity index (χ1n) is 6.07. The van der Waals surface area contributed by atoms with Gasteiger partial charge < -0.3 is 20.5 Å². The molecule has 1 atom stereocenters. The highest BCUT2D eigenvalue weighted by atomic mass is 16.5. The molecule has 0 saturated heterocycles. The molecule has 1 aromatic carbocycles. The topological polar surface area (TPSA) is 68.9 Å². The maximum Gasteiger partial charge on any atom is 0.188 e. The zero-order valence-electron chi connectivity index (χ0n) is 10.6. The molecule has 1 aromatic rings. The second-order valence-corrected chi connectivity index (χ2v) is 4.20. The zero-order chi connectivity index (χ0) is 12.8. The molecule has 0 saturated carbocycles. The van der Waals surface area contributed by atoms with Crippen molar-refractivity contribution < 1.29 is 9.47 Å². The average molecular weight is 249 g/mol. The van der Waals surface area contributed by atoms with Crippen LogP contribution in [0.3, 0.4) is 0 Å². The lowest BCUT2D eigenvalue weighted by atomic mass is 10.1. The molecule has 1 aliphatic heterocycles. The Labute approximate surface area is 107 Å². The van der Waals surface area contributed by atoms with Gasteiger partial charge in [-0.25, -0.2) is 4.99 Å². The van der Waals surface area contributed by atoms with E-state index in [1.165, 1.54) is 5.56 Å². The number of ether oxygens (including phenoxy) is 2. The number of hydrogen-bond acceptors (Lipinski definition) is 3. The molecule has 1 unspecified atom stereocenters. The molecular formula is C13H19N3O2. The van der Waals surface area contributed by atoms with Crippen LogP contribution in [0.15, 0.2) is 29.3 Å². The summed E-state index contributed by atoms with van der Waals surface area (Å²) in [5.41, 5.74) is 6.96. The van der Waals surface area contributed by atoms with Gasteiger partial charge in [0, 0.05) is 20.1 Å². The van der Waals surface area contributed by atoms with Crippen molar-refractivity contribution in [3.05, 3.63) is 29.8 Å². The van der Waals surface area contributed by atoms with Gasteiger partial charge in [-0.3, -0.25) is 0 Å². The van der Waals surface area contributed by atoms with Crippen molar-refractivity contribution in [3.8, 4) is 5.75 Å². The van der Waals surface area contributed by atoms with Gasteiger partial charge in [-0.1, -0.05) is 18.2 Å². The quantitative estimate of drug-likeness (QED) is 0.454. The molecule has 3 N–H and O–H groups in total. The van der Waals surface area contributed by atoms with Crippen molar-refractivity contribution in [3.63, 3.8) is 0 Å². The van der Waals surface area contributed by atoms with E-state index in [1.807, 2.05) is 18.2 Å². The van der Waals surface area contributed by atoms with Gasteiger partial charge in [-0.15, -0.1) is 0 Å². The summed E-state index contributed by atoms with van der Waals surface area (Å²) in [6, 6.07) is 8.07. The van der Waals surface area contributed by atoms with Crippen LogP contribution >= 0.6 is 0 Å². The van der Waals surface area contributed by atoms with Gasteiger partial charge in [0.1, 0.15) is 11.9 Å². The van der Waals surface area contributed by atoms with Crippen LogP contribution < -0.4 is 15.8 Å². The highest BCUT2D eigenvalue weighted by Crippen LogP contribution is 2.27. The number of rotatable bonds is 5. The van der Waals surface area contributed by atoms with Crippen molar-refractivity contribution in [1.29, 1.82) is 0 Å².